The summed E-state index contributed by atoms with van der Waals surface area (Å²) < 4.78 is 19.5. The third-order valence-electron chi connectivity index (χ3n) is 2.57. The van der Waals surface area contributed by atoms with Crippen molar-refractivity contribution >= 4 is 11.1 Å². The van der Waals surface area contributed by atoms with E-state index < -0.39 is 11.1 Å². The summed E-state index contributed by atoms with van der Waals surface area (Å²) in [6.07, 6.45) is 0.868. The Morgan fingerprint density at radius 2 is 2.20 bits per heavy atom. The molecule has 15 heavy (non-hydrogen) atoms. The summed E-state index contributed by atoms with van der Waals surface area (Å²) in [4.78, 5) is 1.91. The van der Waals surface area contributed by atoms with Crippen molar-refractivity contribution in [3.05, 3.63) is 29.3 Å². The van der Waals surface area contributed by atoms with Crippen LogP contribution in [0.5, 0.6) is 5.75 Å². The zero-order valence-electron chi connectivity index (χ0n) is 8.22. The van der Waals surface area contributed by atoms with Gasteiger partial charge in [0.15, 0.2) is 11.1 Å². The van der Waals surface area contributed by atoms with Gasteiger partial charge in [0.05, 0.1) is 0 Å². The van der Waals surface area contributed by atoms with Gasteiger partial charge in [0, 0.05) is 13.1 Å². The first-order chi connectivity index (χ1) is 7.15. The predicted octanol–water partition coefficient (Wildman–Crippen LogP) is 0.929. The molecule has 1 heterocycles. The topological polar surface area (TPSA) is 60.8 Å². The van der Waals surface area contributed by atoms with Gasteiger partial charge in [-0.1, -0.05) is 6.07 Å². The molecule has 0 bridgehead atoms. The molecule has 0 aromatic heterocycles. The lowest BCUT2D eigenvalue weighted by Crippen LogP contribution is -2.32. The molecule has 5 heteroatoms. The fourth-order valence-corrected chi connectivity index (χ4v) is 2.40. The monoisotopic (exact) mass is 227 g/mol. The van der Waals surface area contributed by atoms with Gasteiger partial charge in [0.2, 0.25) is 0 Å². The molecule has 0 saturated heterocycles. The molecule has 82 valence electrons. The van der Waals surface area contributed by atoms with Gasteiger partial charge in [-0.3, -0.25) is 4.90 Å². The molecule has 4 nitrogen and oxygen atoms in total. The molecule has 0 amide bonds. The lowest BCUT2D eigenvalue weighted by atomic mass is 10.00. The molecule has 1 aliphatic rings. The third-order valence-corrected chi connectivity index (χ3v) is 3.16. The van der Waals surface area contributed by atoms with Crippen LogP contribution in [0.25, 0.3) is 0 Å². The molecular weight excluding hydrogens is 214 g/mol. The highest BCUT2D eigenvalue weighted by atomic mass is 32.2. The highest BCUT2D eigenvalue weighted by molar-refractivity contribution is 7.79. The van der Waals surface area contributed by atoms with E-state index in [2.05, 4.69) is 0 Å². The van der Waals surface area contributed by atoms with E-state index in [4.69, 9.17) is 4.55 Å². The average Bonchev–Trinajstić information content (AvgIpc) is 2.16. The maximum absolute atomic E-state index is 10.7. The zero-order valence-corrected chi connectivity index (χ0v) is 9.04. The van der Waals surface area contributed by atoms with Gasteiger partial charge in [-0.25, -0.2) is 4.21 Å². The molecule has 1 aliphatic heterocycles. The highest BCUT2D eigenvalue weighted by Crippen LogP contribution is 2.22. The number of benzene rings is 1. The second kappa shape index (κ2) is 4.30. The van der Waals surface area contributed by atoms with Crippen LogP contribution in [0, 0.1) is 0 Å². The van der Waals surface area contributed by atoms with Crippen LogP contribution in [0.3, 0.4) is 0 Å². The van der Waals surface area contributed by atoms with Crippen LogP contribution in [0.4, 0.5) is 0 Å². The first kappa shape index (κ1) is 10.6. The van der Waals surface area contributed by atoms with E-state index in [9.17, 15) is 9.32 Å². The maximum Gasteiger partial charge on any atom is 0.167 e. The van der Waals surface area contributed by atoms with Crippen molar-refractivity contribution in [3.8, 4) is 5.75 Å². The molecule has 2 rings (SSSR count). The van der Waals surface area contributed by atoms with Crippen molar-refractivity contribution in [2.75, 3.05) is 12.4 Å². The molecule has 1 aromatic carbocycles. The van der Waals surface area contributed by atoms with Crippen molar-refractivity contribution in [1.29, 1.82) is 0 Å². The van der Waals surface area contributed by atoms with Crippen molar-refractivity contribution in [2.24, 2.45) is 0 Å². The van der Waals surface area contributed by atoms with Crippen molar-refractivity contribution in [2.45, 2.75) is 13.0 Å². The van der Waals surface area contributed by atoms with Crippen LogP contribution in [-0.4, -0.2) is 31.2 Å². The molecular formula is C10H13NO3S. The number of nitrogens with zero attached hydrogens (tertiary/aromatic N) is 1. The highest BCUT2D eigenvalue weighted by Gasteiger charge is 2.17. The van der Waals surface area contributed by atoms with Gasteiger partial charge >= 0.3 is 0 Å². The van der Waals surface area contributed by atoms with E-state index in [1.54, 1.807) is 12.1 Å². The number of aromatic hydroxyl groups is 1. The number of phenolic OH excluding ortho intramolecular Hbond substituents is 1. The molecule has 0 aliphatic carbocycles. The number of hydrogen-bond acceptors (Lipinski definition) is 3. The summed E-state index contributed by atoms with van der Waals surface area (Å²) in [5.74, 6) is 0.426. The fraction of sp³-hybridized carbons (Fsp3) is 0.400. The summed E-state index contributed by atoms with van der Waals surface area (Å²) in [6.45, 7) is 1.43. The Bertz CT molecular complexity index is 394. The van der Waals surface area contributed by atoms with E-state index in [1.165, 1.54) is 5.56 Å². The lowest BCUT2D eigenvalue weighted by Gasteiger charge is -2.27. The summed E-state index contributed by atoms with van der Waals surface area (Å²) >= 11 is -1.78. The maximum atomic E-state index is 10.7. The lowest BCUT2D eigenvalue weighted by molar-refractivity contribution is 0.290. The largest absolute Gasteiger partial charge is 0.508 e. The zero-order chi connectivity index (χ0) is 10.8. The van der Waals surface area contributed by atoms with Crippen LogP contribution >= 0.6 is 0 Å². The Morgan fingerprint density at radius 3 is 2.93 bits per heavy atom. The number of hydrogen-bond donors (Lipinski definition) is 2. The van der Waals surface area contributed by atoms with Crippen molar-refractivity contribution in [1.82, 2.24) is 4.90 Å². The molecule has 1 atom stereocenters. The second-order valence-corrected chi connectivity index (χ2v) is 4.61. The number of phenols is 1. The molecule has 1 unspecified atom stereocenters. The van der Waals surface area contributed by atoms with Gasteiger partial charge in [-0.05, 0) is 29.7 Å². The Morgan fingerprint density at radius 1 is 1.40 bits per heavy atom. The minimum absolute atomic E-state index is 0.176. The van der Waals surface area contributed by atoms with Crippen LogP contribution in [0.15, 0.2) is 18.2 Å². The minimum atomic E-state index is -1.78. The smallest absolute Gasteiger partial charge is 0.167 e. The quantitative estimate of drug-likeness (QED) is 0.738. The fourth-order valence-electron chi connectivity index (χ4n) is 1.87. The summed E-state index contributed by atoms with van der Waals surface area (Å²) in [5.41, 5.74) is 2.26. The third kappa shape index (κ3) is 2.56. The molecule has 0 radical (unpaired) electrons. The van der Waals surface area contributed by atoms with Gasteiger partial charge in [0.1, 0.15) is 11.6 Å². The molecule has 0 fully saturated rings. The number of rotatable bonds is 2. The average molecular weight is 227 g/mol. The standard InChI is InChI=1S/C10H13NO3S/c12-10-2-1-8-3-4-11(7-15(13)14)6-9(8)5-10/h1-2,5,12H,3-4,6-7H2,(H,13,14). The van der Waals surface area contributed by atoms with Gasteiger partial charge in [0.25, 0.3) is 0 Å². The van der Waals surface area contributed by atoms with Crippen LogP contribution in [0.1, 0.15) is 11.1 Å². The normalized spacial score (nSPS) is 18.5. The van der Waals surface area contributed by atoms with Crippen LogP contribution < -0.4 is 0 Å². The Balaban J connectivity index is 2.14. The predicted molar refractivity (Wildman–Crippen MR) is 57.9 cm³/mol. The van der Waals surface area contributed by atoms with E-state index in [0.29, 0.717) is 6.54 Å². The second-order valence-electron chi connectivity index (χ2n) is 3.71. The first-order valence-corrected chi connectivity index (χ1v) is 6.03. The van der Waals surface area contributed by atoms with Crippen molar-refractivity contribution in [3.63, 3.8) is 0 Å². The van der Waals surface area contributed by atoms with Gasteiger partial charge in [-0.15, -0.1) is 0 Å². The van der Waals surface area contributed by atoms with Gasteiger partial charge in [-0.2, -0.15) is 0 Å². The van der Waals surface area contributed by atoms with Gasteiger partial charge < -0.3 is 9.66 Å². The summed E-state index contributed by atoms with van der Waals surface area (Å²) in [7, 11) is 0. The summed E-state index contributed by atoms with van der Waals surface area (Å²) in [6, 6.07) is 5.32. The molecule has 1 aromatic rings. The Hall–Kier alpha value is -0.910. The summed E-state index contributed by atoms with van der Waals surface area (Å²) in [5, 5.41) is 9.33. The van der Waals surface area contributed by atoms with Crippen LogP contribution in [0.2, 0.25) is 0 Å². The number of fused-ring (bicyclic) bond motifs is 1. The van der Waals surface area contributed by atoms with Crippen molar-refractivity contribution < 1.29 is 13.9 Å². The van der Waals surface area contributed by atoms with E-state index in [-0.39, 0.29) is 11.6 Å². The molecule has 0 saturated carbocycles. The van der Waals surface area contributed by atoms with Crippen LogP contribution in [-0.2, 0) is 24.0 Å². The Labute approximate surface area is 90.8 Å². The molecule has 2 N–H and O–H groups in total. The first-order valence-electron chi connectivity index (χ1n) is 4.76. The molecule has 0 spiro atoms. The van der Waals surface area contributed by atoms with E-state index in [0.717, 1.165) is 18.5 Å². The SMILES string of the molecule is O=S(O)CN1CCc2ccc(O)cc2C1. The minimum Gasteiger partial charge on any atom is -0.508 e. The Kier molecular flexibility index (Phi) is 3.04. The van der Waals surface area contributed by atoms with E-state index in [1.807, 2.05) is 11.0 Å². The van der Waals surface area contributed by atoms with E-state index >= 15 is 0 Å².